The molecule has 0 saturated carbocycles. The molecule has 2 aromatic carbocycles. The first-order valence-corrected chi connectivity index (χ1v) is 4.79. The number of hydrogen-bond donors (Lipinski definition) is 2. The van der Waals surface area contributed by atoms with E-state index in [4.69, 9.17) is 10.0 Å². The molecule has 3 heteroatoms. The van der Waals surface area contributed by atoms with Crippen molar-refractivity contribution in [3.63, 3.8) is 0 Å². The first-order chi connectivity index (χ1) is 7.27. The lowest BCUT2D eigenvalue weighted by Crippen LogP contribution is -2.05. The van der Waals surface area contributed by atoms with E-state index in [-0.39, 0.29) is 0 Å². The van der Waals surface area contributed by atoms with Crippen molar-refractivity contribution in [3.8, 4) is 0 Å². The fourth-order valence-corrected chi connectivity index (χ4v) is 1.59. The summed E-state index contributed by atoms with van der Waals surface area (Å²) in [5, 5.41) is 19.8. The normalized spacial score (nSPS) is 11.1. The Kier molecular flexibility index (Phi) is 2.85. The Hall–Kier alpha value is -1.58. The Morgan fingerprint density at radius 2 is 1.67 bits per heavy atom. The van der Waals surface area contributed by atoms with Gasteiger partial charge in [0.1, 0.15) is 0 Å². The molecule has 0 aliphatic carbocycles. The van der Waals surface area contributed by atoms with Crippen LogP contribution in [0, 0.1) is 0 Å². The summed E-state index contributed by atoms with van der Waals surface area (Å²) in [4.78, 5) is 0. The first-order valence-electron chi connectivity index (χ1n) is 4.79. The van der Waals surface area contributed by atoms with Crippen LogP contribution in [-0.4, -0.2) is 17.2 Å². The summed E-state index contributed by atoms with van der Waals surface area (Å²) < 4.78 is 0. The molecule has 2 rings (SSSR count). The molecule has 0 amide bonds. The van der Waals surface area contributed by atoms with Crippen molar-refractivity contribution < 1.29 is 10.0 Å². The van der Waals surface area contributed by atoms with Crippen LogP contribution in [0.4, 0.5) is 0 Å². The van der Waals surface area contributed by atoms with Crippen molar-refractivity contribution >= 4 is 24.0 Å². The van der Waals surface area contributed by atoms with E-state index in [0.29, 0.717) is 0 Å². The lowest BCUT2D eigenvalue weighted by molar-refractivity contribution is 0.424. The van der Waals surface area contributed by atoms with E-state index in [1.807, 2.05) is 42.5 Å². The molecule has 2 N–H and O–H groups in total. The highest BCUT2D eigenvalue weighted by Crippen LogP contribution is 2.19. The van der Waals surface area contributed by atoms with E-state index >= 15 is 0 Å². The van der Waals surface area contributed by atoms with Crippen LogP contribution in [0.15, 0.2) is 48.4 Å². The Morgan fingerprint density at radius 1 is 0.933 bits per heavy atom. The third-order valence-corrected chi connectivity index (χ3v) is 2.27. The maximum Gasteiger partial charge on any atom is 0.480 e. The predicted octanol–water partition coefficient (Wildman–Crippen LogP) is 1.86. The van der Waals surface area contributed by atoms with Gasteiger partial charge in [-0.25, -0.2) is 0 Å². The van der Waals surface area contributed by atoms with Gasteiger partial charge in [0.05, 0.1) is 0 Å². The quantitative estimate of drug-likeness (QED) is 0.723. The van der Waals surface area contributed by atoms with Gasteiger partial charge >= 0.3 is 7.12 Å². The second kappa shape index (κ2) is 4.30. The van der Waals surface area contributed by atoms with Crippen LogP contribution in [0.2, 0.25) is 0 Å². The molecule has 0 fully saturated rings. The van der Waals surface area contributed by atoms with E-state index < -0.39 is 7.12 Å². The molecule has 0 spiro atoms. The number of fused-ring (bicyclic) bond motifs is 1. The highest BCUT2D eigenvalue weighted by molar-refractivity contribution is 6.48. The average molecular weight is 198 g/mol. The summed E-state index contributed by atoms with van der Waals surface area (Å²) in [6.07, 6.45) is 1.72. The van der Waals surface area contributed by atoms with Crippen molar-refractivity contribution in [3.05, 3.63) is 54.0 Å². The van der Waals surface area contributed by atoms with Gasteiger partial charge in [-0.2, -0.15) is 0 Å². The molecule has 74 valence electrons. The second-order valence-electron chi connectivity index (χ2n) is 3.34. The molecule has 0 aromatic heterocycles. The zero-order chi connectivity index (χ0) is 10.7. The molecule has 0 aliphatic heterocycles. The average Bonchev–Trinajstić information content (AvgIpc) is 2.26. The summed E-state index contributed by atoms with van der Waals surface area (Å²) in [5.41, 5.74) is 0.987. The van der Waals surface area contributed by atoms with Gasteiger partial charge in [-0.05, 0) is 16.3 Å². The van der Waals surface area contributed by atoms with Crippen molar-refractivity contribution in [2.24, 2.45) is 0 Å². The summed E-state index contributed by atoms with van der Waals surface area (Å²) in [6, 6.07) is 13.9. The molecular formula is C12H11BO2. The van der Waals surface area contributed by atoms with E-state index in [2.05, 4.69) is 0 Å². The topological polar surface area (TPSA) is 40.5 Å². The molecule has 2 nitrogen and oxygen atoms in total. The minimum absolute atomic E-state index is 0.987. The van der Waals surface area contributed by atoms with E-state index in [0.717, 1.165) is 16.3 Å². The zero-order valence-electron chi connectivity index (χ0n) is 8.17. The fraction of sp³-hybridized carbons (Fsp3) is 0. The van der Waals surface area contributed by atoms with E-state index in [9.17, 15) is 0 Å². The van der Waals surface area contributed by atoms with Gasteiger partial charge < -0.3 is 10.0 Å². The predicted molar refractivity (Wildman–Crippen MR) is 63.2 cm³/mol. The summed E-state index contributed by atoms with van der Waals surface area (Å²) >= 11 is 0. The van der Waals surface area contributed by atoms with Crippen molar-refractivity contribution in [2.45, 2.75) is 0 Å². The SMILES string of the molecule is OB(O)/C=C/c1cccc2ccccc12. The maximum absolute atomic E-state index is 8.75. The van der Waals surface area contributed by atoms with Crippen LogP contribution < -0.4 is 0 Å². The zero-order valence-corrected chi connectivity index (χ0v) is 8.17. The van der Waals surface area contributed by atoms with Crippen LogP contribution >= 0.6 is 0 Å². The molecule has 0 bridgehead atoms. The van der Waals surface area contributed by atoms with Gasteiger partial charge in [0, 0.05) is 0 Å². The van der Waals surface area contributed by atoms with Crippen LogP contribution in [0.1, 0.15) is 5.56 Å². The van der Waals surface area contributed by atoms with Gasteiger partial charge in [-0.15, -0.1) is 0 Å². The van der Waals surface area contributed by atoms with E-state index in [1.54, 1.807) is 6.08 Å². The first kappa shape index (κ1) is 9.96. The third-order valence-electron chi connectivity index (χ3n) is 2.27. The highest BCUT2D eigenvalue weighted by atomic mass is 16.4. The van der Waals surface area contributed by atoms with Gasteiger partial charge in [0.15, 0.2) is 0 Å². The number of benzene rings is 2. The van der Waals surface area contributed by atoms with Crippen molar-refractivity contribution in [2.75, 3.05) is 0 Å². The minimum Gasteiger partial charge on any atom is -0.424 e. The molecule has 15 heavy (non-hydrogen) atoms. The molecule has 0 radical (unpaired) electrons. The molecule has 0 saturated heterocycles. The molecule has 0 aliphatic rings. The monoisotopic (exact) mass is 198 g/mol. The Bertz CT molecular complexity index is 486. The van der Waals surface area contributed by atoms with Gasteiger partial charge in [0.25, 0.3) is 0 Å². The summed E-state index contributed by atoms with van der Waals surface area (Å²) in [6.45, 7) is 0. The standard InChI is InChI=1S/C12H11BO2/c14-13(15)9-8-11-6-3-5-10-4-1-2-7-12(10)11/h1-9,14-15H/b9-8+. The minimum atomic E-state index is -1.40. The van der Waals surface area contributed by atoms with Crippen LogP contribution in [0.5, 0.6) is 0 Å². The number of hydrogen-bond acceptors (Lipinski definition) is 2. The van der Waals surface area contributed by atoms with Gasteiger partial charge in [-0.1, -0.05) is 54.5 Å². The Balaban J connectivity index is 2.51. The third kappa shape index (κ3) is 2.26. The van der Waals surface area contributed by atoms with Crippen LogP contribution in [-0.2, 0) is 0 Å². The maximum atomic E-state index is 8.75. The molecule has 0 heterocycles. The summed E-state index contributed by atoms with van der Waals surface area (Å²) in [7, 11) is -1.40. The van der Waals surface area contributed by atoms with Crippen LogP contribution in [0.25, 0.3) is 16.8 Å². The highest BCUT2D eigenvalue weighted by Gasteiger charge is 2.00. The lowest BCUT2D eigenvalue weighted by atomic mass is 9.90. The van der Waals surface area contributed by atoms with Gasteiger partial charge in [-0.3, -0.25) is 0 Å². The largest absolute Gasteiger partial charge is 0.480 e. The fourth-order valence-electron chi connectivity index (χ4n) is 1.59. The Morgan fingerprint density at radius 3 is 2.47 bits per heavy atom. The van der Waals surface area contributed by atoms with Crippen LogP contribution in [0.3, 0.4) is 0 Å². The summed E-state index contributed by atoms with van der Waals surface area (Å²) in [5.74, 6) is 1.35. The van der Waals surface area contributed by atoms with Crippen molar-refractivity contribution in [1.82, 2.24) is 0 Å². The second-order valence-corrected chi connectivity index (χ2v) is 3.34. The molecule has 0 unspecified atom stereocenters. The Labute approximate surface area is 88.6 Å². The molecule has 2 aromatic rings. The molecule has 0 atom stereocenters. The smallest absolute Gasteiger partial charge is 0.424 e. The van der Waals surface area contributed by atoms with E-state index in [1.165, 1.54) is 5.98 Å². The lowest BCUT2D eigenvalue weighted by Gasteiger charge is -2.01. The van der Waals surface area contributed by atoms with Crippen molar-refractivity contribution in [1.29, 1.82) is 0 Å². The molecular weight excluding hydrogens is 187 g/mol. The van der Waals surface area contributed by atoms with Gasteiger partial charge in [0.2, 0.25) is 0 Å². The number of rotatable bonds is 2.